The fourth-order valence-corrected chi connectivity index (χ4v) is 1.80. The number of hydrogen-bond acceptors (Lipinski definition) is 4. The van der Waals surface area contributed by atoms with Crippen LogP contribution in [0.1, 0.15) is 25.7 Å². The van der Waals surface area contributed by atoms with Crippen molar-refractivity contribution in [1.29, 1.82) is 0 Å². The maximum Gasteiger partial charge on any atom is 0.417 e. The van der Waals surface area contributed by atoms with Gasteiger partial charge in [-0.2, -0.15) is 13.2 Å². The van der Waals surface area contributed by atoms with Crippen LogP contribution in [0, 0.1) is 0 Å². The second-order valence-corrected chi connectivity index (χ2v) is 4.18. The summed E-state index contributed by atoms with van der Waals surface area (Å²) in [6, 6.07) is 0. The van der Waals surface area contributed by atoms with Crippen molar-refractivity contribution in [3.8, 4) is 0 Å². The highest BCUT2D eigenvalue weighted by Crippen LogP contribution is 2.43. The number of ether oxygens (including phenoxy) is 1. The summed E-state index contributed by atoms with van der Waals surface area (Å²) >= 11 is 0. The molecule has 0 spiro atoms. The highest BCUT2D eigenvalue weighted by atomic mass is 19.4. The van der Waals surface area contributed by atoms with E-state index in [-0.39, 0.29) is 12.8 Å². The Morgan fingerprint density at radius 1 is 1.31 bits per heavy atom. The predicted molar refractivity (Wildman–Crippen MR) is 48.4 cm³/mol. The van der Waals surface area contributed by atoms with E-state index in [2.05, 4.69) is 4.74 Å². The zero-order chi connectivity index (χ0) is 12.6. The standard InChI is InChI=1S/C9H14F3NO3/c1-16-6(14)7(13)2-4-8(15,5-3-7)9(10,11)12/h15H,2-5,13H2,1H3. The van der Waals surface area contributed by atoms with Crippen LogP contribution in [0.5, 0.6) is 0 Å². The Labute approximate surface area is 90.6 Å². The molecule has 1 saturated carbocycles. The molecule has 1 fully saturated rings. The molecule has 0 saturated heterocycles. The van der Waals surface area contributed by atoms with Crippen LogP contribution in [0.25, 0.3) is 0 Å². The number of alkyl halides is 3. The minimum Gasteiger partial charge on any atom is -0.468 e. The van der Waals surface area contributed by atoms with Crippen molar-refractivity contribution >= 4 is 5.97 Å². The number of carbonyl (C=O) groups excluding carboxylic acids is 1. The first-order chi connectivity index (χ1) is 7.15. The fraction of sp³-hybridized carbons (Fsp3) is 0.889. The molecule has 0 aromatic heterocycles. The molecule has 4 nitrogen and oxygen atoms in total. The van der Waals surface area contributed by atoms with Crippen LogP contribution in [0.3, 0.4) is 0 Å². The van der Waals surface area contributed by atoms with Gasteiger partial charge in [0, 0.05) is 0 Å². The van der Waals surface area contributed by atoms with Gasteiger partial charge in [-0.25, -0.2) is 0 Å². The topological polar surface area (TPSA) is 72.5 Å². The van der Waals surface area contributed by atoms with Gasteiger partial charge in [0.15, 0.2) is 5.60 Å². The van der Waals surface area contributed by atoms with E-state index in [1.54, 1.807) is 0 Å². The highest BCUT2D eigenvalue weighted by Gasteiger charge is 2.57. The van der Waals surface area contributed by atoms with E-state index >= 15 is 0 Å². The number of rotatable bonds is 1. The molecule has 0 aromatic rings. The average molecular weight is 241 g/mol. The third-order valence-electron chi connectivity index (χ3n) is 3.09. The van der Waals surface area contributed by atoms with Crippen molar-refractivity contribution in [3.05, 3.63) is 0 Å². The first kappa shape index (κ1) is 13.2. The highest BCUT2D eigenvalue weighted by molar-refractivity contribution is 5.80. The summed E-state index contributed by atoms with van der Waals surface area (Å²) in [6.07, 6.45) is -6.33. The molecule has 0 bridgehead atoms. The van der Waals surface area contributed by atoms with E-state index in [0.29, 0.717) is 0 Å². The SMILES string of the molecule is COC(=O)C1(N)CCC(O)(C(F)(F)F)CC1. The zero-order valence-electron chi connectivity index (χ0n) is 8.80. The van der Waals surface area contributed by atoms with E-state index in [1.165, 1.54) is 0 Å². The van der Waals surface area contributed by atoms with E-state index in [4.69, 9.17) is 5.73 Å². The number of hydrogen-bond donors (Lipinski definition) is 2. The van der Waals surface area contributed by atoms with Gasteiger partial charge in [0.25, 0.3) is 0 Å². The number of aliphatic hydroxyl groups is 1. The molecule has 0 aromatic carbocycles. The maximum absolute atomic E-state index is 12.5. The smallest absolute Gasteiger partial charge is 0.417 e. The quantitative estimate of drug-likeness (QED) is 0.664. The molecule has 3 N–H and O–H groups in total. The van der Waals surface area contributed by atoms with Gasteiger partial charge < -0.3 is 15.6 Å². The Balaban J connectivity index is 2.74. The number of halogens is 3. The molecule has 0 radical (unpaired) electrons. The lowest BCUT2D eigenvalue weighted by atomic mass is 9.74. The van der Waals surface area contributed by atoms with Crippen LogP contribution >= 0.6 is 0 Å². The van der Waals surface area contributed by atoms with Gasteiger partial charge in [-0.05, 0) is 25.7 Å². The lowest BCUT2D eigenvalue weighted by Crippen LogP contribution is -2.58. The molecular weight excluding hydrogens is 227 g/mol. The second kappa shape index (κ2) is 3.89. The van der Waals surface area contributed by atoms with Gasteiger partial charge in [-0.15, -0.1) is 0 Å². The molecule has 7 heteroatoms. The van der Waals surface area contributed by atoms with Crippen LogP contribution in [0.2, 0.25) is 0 Å². The summed E-state index contributed by atoms with van der Waals surface area (Å²) < 4.78 is 41.8. The molecule has 0 heterocycles. The number of methoxy groups -OCH3 is 1. The second-order valence-electron chi connectivity index (χ2n) is 4.18. The zero-order valence-corrected chi connectivity index (χ0v) is 8.80. The number of carbonyl (C=O) groups is 1. The first-order valence-corrected chi connectivity index (χ1v) is 4.81. The monoisotopic (exact) mass is 241 g/mol. The third-order valence-corrected chi connectivity index (χ3v) is 3.09. The molecule has 1 aliphatic carbocycles. The van der Waals surface area contributed by atoms with Crippen molar-refractivity contribution in [2.45, 2.75) is 43.0 Å². The van der Waals surface area contributed by atoms with Crippen molar-refractivity contribution in [2.24, 2.45) is 5.73 Å². The Hall–Kier alpha value is -0.820. The lowest BCUT2D eigenvalue weighted by molar-refractivity contribution is -0.272. The van der Waals surface area contributed by atoms with Crippen LogP contribution in [0.4, 0.5) is 13.2 Å². The lowest BCUT2D eigenvalue weighted by Gasteiger charge is -2.40. The third kappa shape index (κ3) is 2.15. The van der Waals surface area contributed by atoms with E-state index in [0.717, 1.165) is 7.11 Å². The Kier molecular flexibility index (Phi) is 3.22. The van der Waals surface area contributed by atoms with E-state index in [9.17, 15) is 23.1 Å². The van der Waals surface area contributed by atoms with Crippen LogP contribution < -0.4 is 5.73 Å². The molecule has 16 heavy (non-hydrogen) atoms. The molecule has 94 valence electrons. The summed E-state index contributed by atoms with van der Waals surface area (Å²) in [6.45, 7) is 0. The Morgan fingerprint density at radius 2 is 1.75 bits per heavy atom. The van der Waals surface area contributed by atoms with Crippen molar-refractivity contribution in [3.63, 3.8) is 0 Å². The largest absolute Gasteiger partial charge is 0.468 e. The molecule has 0 aliphatic heterocycles. The Bertz CT molecular complexity index is 282. The van der Waals surface area contributed by atoms with Crippen LogP contribution in [-0.4, -0.2) is 35.5 Å². The fourth-order valence-electron chi connectivity index (χ4n) is 1.80. The van der Waals surface area contributed by atoms with E-state index in [1.807, 2.05) is 0 Å². The van der Waals surface area contributed by atoms with Crippen molar-refractivity contribution in [2.75, 3.05) is 7.11 Å². The van der Waals surface area contributed by atoms with Crippen LogP contribution in [0.15, 0.2) is 0 Å². The number of nitrogens with two attached hydrogens (primary N) is 1. The minimum absolute atomic E-state index is 0.240. The van der Waals surface area contributed by atoms with Gasteiger partial charge in [0.1, 0.15) is 5.54 Å². The van der Waals surface area contributed by atoms with E-state index < -0.39 is 36.1 Å². The van der Waals surface area contributed by atoms with Crippen molar-refractivity contribution in [1.82, 2.24) is 0 Å². The summed E-state index contributed by atoms with van der Waals surface area (Å²) in [7, 11) is 1.13. The van der Waals surface area contributed by atoms with Gasteiger partial charge in [0.2, 0.25) is 0 Å². The van der Waals surface area contributed by atoms with Gasteiger partial charge >= 0.3 is 12.1 Å². The molecule has 0 unspecified atom stereocenters. The summed E-state index contributed by atoms with van der Waals surface area (Å²) in [5.41, 5.74) is 1.48. The normalized spacial score (nSPS) is 35.9. The van der Waals surface area contributed by atoms with Gasteiger partial charge in [0.05, 0.1) is 7.11 Å². The van der Waals surface area contributed by atoms with Gasteiger partial charge in [-0.3, -0.25) is 4.79 Å². The average Bonchev–Trinajstić information content (AvgIpc) is 2.20. The molecular formula is C9H14F3NO3. The first-order valence-electron chi connectivity index (χ1n) is 4.81. The summed E-state index contributed by atoms with van der Waals surface area (Å²) in [4.78, 5) is 11.2. The number of esters is 1. The summed E-state index contributed by atoms with van der Waals surface area (Å²) in [5, 5.41) is 9.36. The summed E-state index contributed by atoms with van der Waals surface area (Å²) in [5.74, 6) is -0.739. The Morgan fingerprint density at radius 3 is 2.06 bits per heavy atom. The van der Waals surface area contributed by atoms with Crippen molar-refractivity contribution < 1.29 is 27.8 Å². The molecule has 0 amide bonds. The molecule has 1 aliphatic rings. The minimum atomic E-state index is -4.69. The molecule has 0 atom stereocenters. The predicted octanol–water partition coefficient (Wildman–Crippen LogP) is 0.724. The maximum atomic E-state index is 12.5. The van der Waals surface area contributed by atoms with Gasteiger partial charge in [-0.1, -0.05) is 0 Å². The van der Waals surface area contributed by atoms with Crippen LogP contribution in [-0.2, 0) is 9.53 Å². The molecule has 1 rings (SSSR count).